The number of aromatic nitrogens is 3. The van der Waals surface area contributed by atoms with E-state index in [-0.39, 0.29) is 11.5 Å². The van der Waals surface area contributed by atoms with Crippen LogP contribution in [0.2, 0.25) is 0 Å². The molecule has 0 aliphatic heterocycles. The highest BCUT2D eigenvalue weighted by atomic mass is 32.2. The Bertz CT molecular complexity index is 1080. The van der Waals surface area contributed by atoms with Gasteiger partial charge in [-0.2, -0.15) is 10.4 Å². The Labute approximate surface area is 175 Å². The van der Waals surface area contributed by atoms with Crippen LogP contribution in [-0.2, 0) is 13.0 Å². The standard InChI is InChI=1S/C23H24N4OS/c1-15-12-20(18(4)27(15)11-10-19-8-6-5-7-9-19)22(28)14-29-23-21(13-24)16(2)17(3)25-26-23/h5-9,12H,10-11,14H2,1-4H3. The van der Waals surface area contributed by atoms with Crippen molar-refractivity contribution in [3.63, 3.8) is 0 Å². The Morgan fingerprint density at radius 1 is 1.14 bits per heavy atom. The maximum Gasteiger partial charge on any atom is 0.174 e. The molecule has 6 heteroatoms. The van der Waals surface area contributed by atoms with Gasteiger partial charge in [0.2, 0.25) is 0 Å². The summed E-state index contributed by atoms with van der Waals surface area (Å²) >= 11 is 1.28. The number of hydrogen-bond acceptors (Lipinski definition) is 5. The first-order valence-corrected chi connectivity index (χ1v) is 10.5. The predicted octanol–water partition coefficient (Wildman–Crippen LogP) is 4.60. The fourth-order valence-corrected chi connectivity index (χ4v) is 4.21. The van der Waals surface area contributed by atoms with E-state index in [0.717, 1.165) is 41.2 Å². The summed E-state index contributed by atoms with van der Waals surface area (Å²) in [6.07, 6.45) is 0.920. The average molecular weight is 405 g/mol. The molecule has 0 amide bonds. The molecule has 0 saturated carbocycles. The number of Topliss-reactive ketones (excluding diaryl/α,β-unsaturated/α-hetero) is 1. The molecule has 0 unspecified atom stereocenters. The summed E-state index contributed by atoms with van der Waals surface area (Å²) in [4.78, 5) is 12.9. The first-order chi connectivity index (χ1) is 13.9. The molecular formula is C23H24N4OS. The Morgan fingerprint density at radius 2 is 1.86 bits per heavy atom. The molecule has 3 rings (SSSR count). The zero-order valence-electron chi connectivity index (χ0n) is 17.2. The van der Waals surface area contributed by atoms with Crippen LogP contribution in [0.25, 0.3) is 0 Å². The summed E-state index contributed by atoms with van der Waals surface area (Å²) in [6.45, 7) is 8.54. The van der Waals surface area contributed by atoms with Crippen LogP contribution in [0, 0.1) is 39.0 Å². The van der Waals surface area contributed by atoms with Crippen LogP contribution >= 0.6 is 11.8 Å². The number of nitriles is 1. The molecule has 0 aliphatic carbocycles. The number of thioether (sulfide) groups is 1. The molecule has 2 aromatic heterocycles. The number of rotatable bonds is 7. The van der Waals surface area contributed by atoms with Gasteiger partial charge in [0.05, 0.1) is 17.0 Å². The SMILES string of the molecule is Cc1nnc(SCC(=O)c2cc(C)n(CCc3ccccc3)c2C)c(C#N)c1C. The number of carbonyl (C=O) groups excluding carboxylic acids is 1. The molecule has 0 N–H and O–H groups in total. The number of nitrogens with zero attached hydrogens (tertiary/aromatic N) is 4. The van der Waals surface area contributed by atoms with Crippen LogP contribution < -0.4 is 0 Å². The molecule has 0 saturated heterocycles. The summed E-state index contributed by atoms with van der Waals surface area (Å²) in [5.74, 6) is 0.271. The molecule has 0 aliphatic rings. The van der Waals surface area contributed by atoms with Gasteiger partial charge < -0.3 is 4.57 Å². The van der Waals surface area contributed by atoms with Crippen molar-refractivity contribution in [3.8, 4) is 6.07 Å². The highest BCUT2D eigenvalue weighted by Gasteiger charge is 2.18. The predicted molar refractivity (Wildman–Crippen MR) is 115 cm³/mol. The van der Waals surface area contributed by atoms with Gasteiger partial charge in [-0.3, -0.25) is 4.79 Å². The first kappa shape index (κ1) is 20.8. The summed E-state index contributed by atoms with van der Waals surface area (Å²) in [6, 6.07) is 14.5. The molecule has 3 aromatic rings. The van der Waals surface area contributed by atoms with Crippen LogP contribution in [0.4, 0.5) is 0 Å². The Balaban J connectivity index is 1.72. The van der Waals surface area contributed by atoms with E-state index in [1.807, 2.05) is 52.0 Å². The topological polar surface area (TPSA) is 71.6 Å². The smallest absolute Gasteiger partial charge is 0.174 e. The van der Waals surface area contributed by atoms with E-state index in [0.29, 0.717) is 10.6 Å². The number of benzene rings is 1. The fourth-order valence-electron chi connectivity index (χ4n) is 3.34. The lowest BCUT2D eigenvalue weighted by Crippen LogP contribution is -2.09. The van der Waals surface area contributed by atoms with Crippen LogP contribution in [0.3, 0.4) is 0 Å². The van der Waals surface area contributed by atoms with Gasteiger partial charge in [0, 0.05) is 23.5 Å². The van der Waals surface area contributed by atoms with Crippen molar-refractivity contribution in [2.45, 2.75) is 45.7 Å². The minimum atomic E-state index is 0.0398. The minimum absolute atomic E-state index is 0.0398. The van der Waals surface area contributed by atoms with Gasteiger partial charge in [-0.1, -0.05) is 42.1 Å². The monoisotopic (exact) mass is 404 g/mol. The Kier molecular flexibility index (Phi) is 6.50. The normalized spacial score (nSPS) is 10.7. The molecule has 0 fully saturated rings. The largest absolute Gasteiger partial charge is 0.348 e. The molecule has 0 bridgehead atoms. The first-order valence-electron chi connectivity index (χ1n) is 9.53. The van der Waals surface area contributed by atoms with E-state index in [1.54, 1.807) is 0 Å². The summed E-state index contributed by atoms with van der Waals surface area (Å²) < 4.78 is 2.20. The lowest BCUT2D eigenvalue weighted by Gasteiger charge is -2.10. The van der Waals surface area contributed by atoms with Crippen molar-refractivity contribution >= 4 is 17.5 Å². The van der Waals surface area contributed by atoms with E-state index in [2.05, 4.69) is 33.0 Å². The van der Waals surface area contributed by atoms with Gasteiger partial charge in [-0.15, -0.1) is 5.10 Å². The third-order valence-electron chi connectivity index (χ3n) is 5.22. The fraction of sp³-hybridized carbons (Fsp3) is 0.304. The Morgan fingerprint density at radius 3 is 2.55 bits per heavy atom. The summed E-state index contributed by atoms with van der Waals surface area (Å²) in [7, 11) is 0. The quantitative estimate of drug-likeness (QED) is 0.425. The van der Waals surface area contributed by atoms with Gasteiger partial charge in [-0.05, 0) is 51.3 Å². The van der Waals surface area contributed by atoms with Crippen LogP contribution in [0.1, 0.15) is 44.1 Å². The third-order valence-corrected chi connectivity index (χ3v) is 6.18. The average Bonchev–Trinajstić information content (AvgIpc) is 3.01. The van der Waals surface area contributed by atoms with E-state index >= 15 is 0 Å². The van der Waals surface area contributed by atoms with Gasteiger partial charge in [-0.25, -0.2) is 0 Å². The zero-order valence-corrected chi connectivity index (χ0v) is 18.0. The highest BCUT2D eigenvalue weighted by Crippen LogP contribution is 2.25. The maximum absolute atomic E-state index is 12.9. The maximum atomic E-state index is 12.9. The van der Waals surface area contributed by atoms with Crippen molar-refractivity contribution in [3.05, 3.63) is 75.7 Å². The molecule has 0 radical (unpaired) electrons. The van der Waals surface area contributed by atoms with E-state index < -0.39 is 0 Å². The van der Waals surface area contributed by atoms with Crippen molar-refractivity contribution in [1.82, 2.24) is 14.8 Å². The van der Waals surface area contributed by atoms with Gasteiger partial charge in [0.25, 0.3) is 0 Å². The highest BCUT2D eigenvalue weighted by molar-refractivity contribution is 8.00. The van der Waals surface area contributed by atoms with E-state index in [9.17, 15) is 10.1 Å². The molecule has 0 spiro atoms. The Hall–Kier alpha value is -2.91. The molecule has 148 valence electrons. The molecular weight excluding hydrogens is 380 g/mol. The number of hydrogen-bond donors (Lipinski definition) is 0. The van der Waals surface area contributed by atoms with Crippen LogP contribution in [0.5, 0.6) is 0 Å². The minimum Gasteiger partial charge on any atom is -0.348 e. The second-order valence-electron chi connectivity index (χ2n) is 7.09. The van der Waals surface area contributed by atoms with Gasteiger partial charge in [0.1, 0.15) is 11.1 Å². The molecule has 29 heavy (non-hydrogen) atoms. The molecule has 0 atom stereocenters. The van der Waals surface area contributed by atoms with Crippen LogP contribution in [-0.4, -0.2) is 26.3 Å². The molecule has 2 heterocycles. The van der Waals surface area contributed by atoms with Gasteiger partial charge in [0.15, 0.2) is 5.78 Å². The van der Waals surface area contributed by atoms with E-state index in [1.165, 1.54) is 17.3 Å². The second kappa shape index (κ2) is 9.06. The molecule has 1 aromatic carbocycles. The third kappa shape index (κ3) is 4.57. The lowest BCUT2D eigenvalue weighted by molar-refractivity contribution is 0.102. The number of aryl methyl sites for hydroxylation is 3. The molecule has 5 nitrogen and oxygen atoms in total. The lowest BCUT2D eigenvalue weighted by atomic mass is 10.1. The van der Waals surface area contributed by atoms with E-state index in [4.69, 9.17) is 0 Å². The second-order valence-corrected chi connectivity index (χ2v) is 8.05. The van der Waals surface area contributed by atoms with Crippen molar-refractivity contribution in [1.29, 1.82) is 5.26 Å². The van der Waals surface area contributed by atoms with Crippen molar-refractivity contribution < 1.29 is 4.79 Å². The summed E-state index contributed by atoms with van der Waals surface area (Å²) in [5.41, 5.74) is 6.13. The van der Waals surface area contributed by atoms with Crippen LogP contribution in [0.15, 0.2) is 41.4 Å². The van der Waals surface area contributed by atoms with Crippen molar-refractivity contribution in [2.75, 3.05) is 5.75 Å². The van der Waals surface area contributed by atoms with Crippen molar-refractivity contribution in [2.24, 2.45) is 0 Å². The van der Waals surface area contributed by atoms with Gasteiger partial charge >= 0.3 is 0 Å². The number of ketones is 1. The zero-order chi connectivity index (χ0) is 21.0. The summed E-state index contributed by atoms with van der Waals surface area (Å²) in [5, 5.41) is 18.1. The number of carbonyl (C=O) groups is 1.